The molecule has 1 aliphatic rings. The van der Waals surface area contributed by atoms with Gasteiger partial charge in [0.1, 0.15) is 17.3 Å². The van der Waals surface area contributed by atoms with Gasteiger partial charge in [-0.1, -0.05) is 11.6 Å². The lowest BCUT2D eigenvalue weighted by Gasteiger charge is -2.12. The standard InChI is InChI=1S/C20H24N4O2/c1-26-17-9-7-16(8-10-17)24-19-14-22-18(13-23-19)20(25)21-12-11-15-5-3-2-4-6-15/h5,7-10,13-14H,2-4,6,11-12H2,1H3,(H,21,25)(H,23,24). The number of hydrogen-bond donors (Lipinski definition) is 2. The molecule has 2 N–H and O–H groups in total. The molecule has 0 fully saturated rings. The Kier molecular flexibility index (Phi) is 6.19. The van der Waals surface area contributed by atoms with Crippen LogP contribution in [-0.2, 0) is 0 Å². The molecule has 6 heteroatoms. The van der Waals surface area contributed by atoms with E-state index >= 15 is 0 Å². The molecule has 0 atom stereocenters. The summed E-state index contributed by atoms with van der Waals surface area (Å²) in [6.45, 7) is 0.637. The van der Waals surface area contributed by atoms with Gasteiger partial charge in [-0.2, -0.15) is 0 Å². The quantitative estimate of drug-likeness (QED) is 0.740. The van der Waals surface area contributed by atoms with Crippen molar-refractivity contribution in [1.82, 2.24) is 15.3 Å². The first kappa shape index (κ1) is 17.9. The molecule has 1 aromatic carbocycles. The van der Waals surface area contributed by atoms with Gasteiger partial charge in [-0.05, 0) is 56.4 Å². The maximum absolute atomic E-state index is 12.2. The van der Waals surface area contributed by atoms with Crippen LogP contribution in [0.2, 0.25) is 0 Å². The molecule has 1 heterocycles. The summed E-state index contributed by atoms with van der Waals surface area (Å²) in [6.07, 6.45) is 11.1. The van der Waals surface area contributed by atoms with Crippen LogP contribution in [0.15, 0.2) is 48.3 Å². The first-order valence-corrected chi connectivity index (χ1v) is 8.94. The van der Waals surface area contributed by atoms with E-state index in [1.165, 1.54) is 24.6 Å². The second-order valence-electron chi connectivity index (χ2n) is 6.25. The van der Waals surface area contributed by atoms with Gasteiger partial charge in [-0.25, -0.2) is 9.97 Å². The molecule has 1 aromatic heterocycles. The van der Waals surface area contributed by atoms with Gasteiger partial charge >= 0.3 is 0 Å². The van der Waals surface area contributed by atoms with Crippen molar-refractivity contribution < 1.29 is 9.53 Å². The van der Waals surface area contributed by atoms with Crippen molar-refractivity contribution in [2.45, 2.75) is 32.1 Å². The monoisotopic (exact) mass is 352 g/mol. The van der Waals surface area contributed by atoms with Gasteiger partial charge in [0, 0.05) is 12.2 Å². The first-order valence-electron chi connectivity index (χ1n) is 8.94. The van der Waals surface area contributed by atoms with E-state index in [9.17, 15) is 4.79 Å². The normalized spacial score (nSPS) is 13.7. The summed E-state index contributed by atoms with van der Waals surface area (Å²) in [7, 11) is 1.63. The second-order valence-corrected chi connectivity index (χ2v) is 6.25. The van der Waals surface area contributed by atoms with Crippen molar-refractivity contribution in [2.75, 3.05) is 19.0 Å². The summed E-state index contributed by atoms with van der Waals surface area (Å²) in [5.74, 6) is 1.18. The number of aromatic nitrogens is 2. The highest BCUT2D eigenvalue weighted by atomic mass is 16.5. The molecule has 3 rings (SSSR count). The van der Waals surface area contributed by atoms with Crippen LogP contribution < -0.4 is 15.4 Å². The average molecular weight is 352 g/mol. The Hall–Kier alpha value is -2.89. The first-order chi connectivity index (χ1) is 12.7. The molecule has 0 aliphatic heterocycles. The van der Waals surface area contributed by atoms with E-state index in [1.54, 1.807) is 13.3 Å². The van der Waals surface area contributed by atoms with Gasteiger partial charge in [-0.3, -0.25) is 4.79 Å². The SMILES string of the molecule is COc1ccc(Nc2cnc(C(=O)NCCC3=CCCCC3)cn2)cc1. The number of nitrogens with one attached hydrogen (secondary N) is 2. The van der Waals surface area contributed by atoms with Crippen molar-refractivity contribution in [3.8, 4) is 5.75 Å². The summed E-state index contributed by atoms with van der Waals surface area (Å²) >= 11 is 0. The van der Waals surface area contributed by atoms with Crippen LogP contribution >= 0.6 is 0 Å². The summed E-state index contributed by atoms with van der Waals surface area (Å²) in [4.78, 5) is 20.6. The highest BCUT2D eigenvalue weighted by Gasteiger charge is 2.09. The summed E-state index contributed by atoms with van der Waals surface area (Å²) in [6, 6.07) is 7.50. The van der Waals surface area contributed by atoms with Crippen LogP contribution in [0, 0.1) is 0 Å². The molecule has 0 saturated carbocycles. The van der Waals surface area contributed by atoms with E-state index in [1.807, 2.05) is 24.3 Å². The third kappa shape index (κ3) is 5.05. The summed E-state index contributed by atoms with van der Waals surface area (Å²) in [5.41, 5.74) is 2.64. The molecule has 0 bridgehead atoms. The second kappa shape index (κ2) is 8.99. The number of rotatable bonds is 7. The van der Waals surface area contributed by atoms with Gasteiger partial charge < -0.3 is 15.4 Å². The molecular formula is C20H24N4O2. The number of ether oxygens (including phenoxy) is 1. The lowest BCUT2D eigenvalue weighted by molar-refractivity contribution is 0.0948. The molecular weight excluding hydrogens is 328 g/mol. The highest BCUT2D eigenvalue weighted by Crippen LogP contribution is 2.20. The average Bonchev–Trinajstić information content (AvgIpc) is 2.70. The smallest absolute Gasteiger partial charge is 0.271 e. The molecule has 6 nitrogen and oxygen atoms in total. The zero-order valence-corrected chi connectivity index (χ0v) is 15.0. The Morgan fingerprint density at radius 3 is 2.65 bits per heavy atom. The number of hydrogen-bond acceptors (Lipinski definition) is 5. The van der Waals surface area contributed by atoms with E-state index in [0.717, 1.165) is 30.7 Å². The summed E-state index contributed by atoms with van der Waals surface area (Å²) in [5, 5.41) is 6.05. The lowest BCUT2D eigenvalue weighted by atomic mass is 9.97. The van der Waals surface area contributed by atoms with Crippen molar-refractivity contribution in [1.29, 1.82) is 0 Å². The number of carbonyl (C=O) groups excluding carboxylic acids is 1. The summed E-state index contributed by atoms with van der Waals surface area (Å²) < 4.78 is 5.13. The Labute approximate surface area is 153 Å². The number of carbonyl (C=O) groups is 1. The number of amides is 1. The predicted molar refractivity (Wildman–Crippen MR) is 102 cm³/mol. The molecule has 1 amide bonds. The number of methoxy groups -OCH3 is 1. The fourth-order valence-corrected chi connectivity index (χ4v) is 2.89. The minimum absolute atomic E-state index is 0.190. The van der Waals surface area contributed by atoms with Crippen molar-refractivity contribution in [3.63, 3.8) is 0 Å². The van der Waals surface area contributed by atoms with Crippen LogP contribution in [0.3, 0.4) is 0 Å². The van der Waals surface area contributed by atoms with E-state index < -0.39 is 0 Å². The Morgan fingerprint density at radius 2 is 2.00 bits per heavy atom. The number of allylic oxidation sites excluding steroid dienone is 1. The largest absolute Gasteiger partial charge is 0.497 e. The fourth-order valence-electron chi connectivity index (χ4n) is 2.89. The van der Waals surface area contributed by atoms with Crippen LogP contribution in [0.1, 0.15) is 42.6 Å². The number of anilines is 2. The molecule has 0 unspecified atom stereocenters. The van der Waals surface area contributed by atoms with Crippen LogP contribution in [0.4, 0.5) is 11.5 Å². The zero-order valence-electron chi connectivity index (χ0n) is 15.0. The minimum atomic E-state index is -0.190. The molecule has 0 saturated heterocycles. The number of benzene rings is 1. The highest BCUT2D eigenvalue weighted by molar-refractivity contribution is 5.92. The third-order valence-electron chi connectivity index (χ3n) is 4.36. The van der Waals surface area contributed by atoms with Crippen molar-refractivity contribution >= 4 is 17.4 Å². The predicted octanol–water partition coefficient (Wildman–Crippen LogP) is 3.85. The van der Waals surface area contributed by atoms with E-state index in [-0.39, 0.29) is 5.91 Å². The van der Waals surface area contributed by atoms with Crippen LogP contribution in [0.5, 0.6) is 5.75 Å². The Balaban J connectivity index is 1.49. The fraction of sp³-hybridized carbons (Fsp3) is 0.350. The van der Waals surface area contributed by atoms with E-state index in [0.29, 0.717) is 18.1 Å². The molecule has 136 valence electrons. The van der Waals surface area contributed by atoms with E-state index in [4.69, 9.17) is 4.74 Å². The molecule has 1 aliphatic carbocycles. The molecule has 0 spiro atoms. The third-order valence-corrected chi connectivity index (χ3v) is 4.36. The lowest BCUT2D eigenvalue weighted by Crippen LogP contribution is -2.26. The topological polar surface area (TPSA) is 76.1 Å². The van der Waals surface area contributed by atoms with E-state index in [2.05, 4.69) is 26.7 Å². The molecule has 2 aromatic rings. The van der Waals surface area contributed by atoms with Gasteiger partial charge in [0.25, 0.3) is 5.91 Å². The Morgan fingerprint density at radius 1 is 1.15 bits per heavy atom. The van der Waals surface area contributed by atoms with Crippen LogP contribution in [0.25, 0.3) is 0 Å². The maximum Gasteiger partial charge on any atom is 0.271 e. The minimum Gasteiger partial charge on any atom is -0.497 e. The molecule has 26 heavy (non-hydrogen) atoms. The number of nitrogens with zero attached hydrogens (tertiary/aromatic N) is 2. The van der Waals surface area contributed by atoms with Gasteiger partial charge in [0.15, 0.2) is 0 Å². The van der Waals surface area contributed by atoms with Gasteiger partial charge in [0.05, 0.1) is 19.5 Å². The maximum atomic E-state index is 12.2. The van der Waals surface area contributed by atoms with Crippen molar-refractivity contribution in [2.24, 2.45) is 0 Å². The van der Waals surface area contributed by atoms with Gasteiger partial charge in [-0.15, -0.1) is 0 Å². The van der Waals surface area contributed by atoms with Crippen molar-refractivity contribution in [3.05, 3.63) is 54.0 Å². The van der Waals surface area contributed by atoms with Crippen LogP contribution in [-0.4, -0.2) is 29.5 Å². The zero-order chi connectivity index (χ0) is 18.2. The Bertz CT molecular complexity index is 754. The molecule has 0 radical (unpaired) electrons. The van der Waals surface area contributed by atoms with Gasteiger partial charge in [0.2, 0.25) is 0 Å².